The topological polar surface area (TPSA) is 54.4 Å². The zero-order valence-electron chi connectivity index (χ0n) is 11.2. The Labute approximate surface area is 118 Å². The molecule has 0 fully saturated rings. The predicted octanol–water partition coefficient (Wildman–Crippen LogP) is 2.43. The number of benzene rings is 2. The lowest BCUT2D eigenvalue weighted by molar-refractivity contribution is 0.182. The molecule has 0 heterocycles. The van der Waals surface area contributed by atoms with Gasteiger partial charge in [-0.2, -0.15) is 0 Å². The smallest absolute Gasteiger partial charge is 0.184 e. The second-order valence-corrected chi connectivity index (χ2v) is 7.41. The van der Waals surface area contributed by atoms with Crippen LogP contribution >= 0.6 is 0 Å². The summed E-state index contributed by atoms with van der Waals surface area (Å²) in [5.74, 6) is 0. The molecule has 0 saturated heterocycles. The van der Waals surface area contributed by atoms with Crippen molar-refractivity contribution in [2.75, 3.05) is 0 Å². The van der Waals surface area contributed by atoms with E-state index in [2.05, 4.69) is 0 Å². The number of sulfone groups is 1. The highest BCUT2D eigenvalue weighted by molar-refractivity contribution is 7.92. The predicted molar refractivity (Wildman–Crippen MR) is 77.3 cm³/mol. The van der Waals surface area contributed by atoms with E-state index in [1.807, 2.05) is 31.2 Å². The Bertz CT molecular complexity index is 750. The standard InChI is InChI=1S/C16H16O3S/c1-11-5-4-7-13(9-11)20(18,19)15-10-12-6-2-3-8-14(12)16(15)17/h2-9,15-17H,10H2,1H3/t15-,16-/m0/s1. The van der Waals surface area contributed by atoms with E-state index in [1.54, 1.807) is 24.3 Å². The van der Waals surface area contributed by atoms with E-state index in [1.165, 1.54) is 0 Å². The Hall–Kier alpha value is -1.65. The molecule has 2 aromatic carbocycles. The molecule has 3 nitrogen and oxygen atoms in total. The fraction of sp³-hybridized carbons (Fsp3) is 0.250. The minimum atomic E-state index is -3.53. The van der Waals surface area contributed by atoms with E-state index in [4.69, 9.17) is 0 Å². The Morgan fingerprint density at radius 3 is 2.55 bits per heavy atom. The van der Waals surface area contributed by atoms with Gasteiger partial charge in [0, 0.05) is 0 Å². The molecule has 0 aliphatic heterocycles. The van der Waals surface area contributed by atoms with Crippen molar-refractivity contribution in [3.63, 3.8) is 0 Å². The fourth-order valence-electron chi connectivity index (χ4n) is 2.78. The van der Waals surface area contributed by atoms with E-state index in [-0.39, 0.29) is 4.90 Å². The molecular weight excluding hydrogens is 272 g/mol. The lowest BCUT2D eigenvalue weighted by atomic mass is 10.1. The average molecular weight is 288 g/mol. The summed E-state index contributed by atoms with van der Waals surface area (Å²) in [7, 11) is -3.53. The molecule has 0 amide bonds. The van der Waals surface area contributed by atoms with Gasteiger partial charge in [-0.25, -0.2) is 8.42 Å². The van der Waals surface area contributed by atoms with Crippen molar-refractivity contribution < 1.29 is 13.5 Å². The van der Waals surface area contributed by atoms with Crippen LogP contribution in [0, 0.1) is 6.92 Å². The number of hydrogen-bond donors (Lipinski definition) is 1. The SMILES string of the molecule is Cc1cccc(S(=O)(=O)[C@H]2Cc3ccccc3[C@@H]2O)c1. The molecule has 0 unspecified atom stereocenters. The molecule has 3 rings (SSSR count). The van der Waals surface area contributed by atoms with Crippen LogP contribution in [0.25, 0.3) is 0 Å². The van der Waals surface area contributed by atoms with E-state index in [9.17, 15) is 13.5 Å². The van der Waals surface area contributed by atoms with Gasteiger partial charge in [0.2, 0.25) is 0 Å². The van der Waals surface area contributed by atoms with Gasteiger partial charge >= 0.3 is 0 Å². The molecule has 20 heavy (non-hydrogen) atoms. The van der Waals surface area contributed by atoms with Crippen molar-refractivity contribution in [1.29, 1.82) is 0 Å². The van der Waals surface area contributed by atoms with Crippen molar-refractivity contribution in [1.82, 2.24) is 0 Å². The molecule has 104 valence electrons. The quantitative estimate of drug-likeness (QED) is 0.923. The van der Waals surface area contributed by atoms with Crippen LogP contribution in [0.5, 0.6) is 0 Å². The van der Waals surface area contributed by atoms with Gasteiger partial charge in [0.05, 0.1) is 16.2 Å². The van der Waals surface area contributed by atoms with E-state index in [0.717, 1.165) is 16.7 Å². The first-order chi connectivity index (χ1) is 9.50. The van der Waals surface area contributed by atoms with Gasteiger partial charge in [0.15, 0.2) is 9.84 Å². The monoisotopic (exact) mass is 288 g/mol. The number of rotatable bonds is 2. The fourth-order valence-corrected chi connectivity index (χ4v) is 4.64. The van der Waals surface area contributed by atoms with Crippen molar-refractivity contribution in [2.24, 2.45) is 0 Å². The summed E-state index contributed by atoms with van der Waals surface area (Å²) in [4.78, 5) is 0.286. The average Bonchev–Trinajstić information content (AvgIpc) is 2.77. The van der Waals surface area contributed by atoms with Crippen LogP contribution in [0.15, 0.2) is 53.4 Å². The first kappa shape index (κ1) is 13.3. The van der Waals surface area contributed by atoms with Crippen molar-refractivity contribution >= 4 is 9.84 Å². The second-order valence-electron chi connectivity index (χ2n) is 5.25. The number of hydrogen-bond acceptors (Lipinski definition) is 3. The van der Waals surface area contributed by atoms with Gasteiger partial charge in [0.1, 0.15) is 0 Å². The number of aryl methyl sites for hydroxylation is 1. The van der Waals surface area contributed by atoms with Gasteiger partial charge in [-0.3, -0.25) is 0 Å². The summed E-state index contributed by atoms with van der Waals surface area (Å²) in [6, 6.07) is 14.2. The molecule has 4 heteroatoms. The summed E-state index contributed by atoms with van der Waals surface area (Å²) >= 11 is 0. The second kappa shape index (κ2) is 4.72. The van der Waals surface area contributed by atoms with Crippen LogP contribution in [0.3, 0.4) is 0 Å². The number of fused-ring (bicyclic) bond motifs is 1. The lowest BCUT2D eigenvalue weighted by Crippen LogP contribution is -2.26. The lowest BCUT2D eigenvalue weighted by Gasteiger charge is -2.16. The zero-order valence-corrected chi connectivity index (χ0v) is 12.0. The van der Waals surface area contributed by atoms with E-state index >= 15 is 0 Å². The normalized spacial score (nSPS) is 21.7. The summed E-state index contributed by atoms with van der Waals surface area (Å²) in [6.45, 7) is 1.86. The molecule has 0 saturated carbocycles. The van der Waals surface area contributed by atoms with Crippen LogP contribution < -0.4 is 0 Å². The summed E-state index contributed by atoms with van der Waals surface area (Å²) in [5.41, 5.74) is 2.55. The molecule has 1 aliphatic rings. The largest absolute Gasteiger partial charge is 0.387 e. The maximum absolute atomic E-state index is 12.7. The van der Waals surface area contributed by atoms with Gasteiger partial charge < -0.3 is 5.11 Å². The van der Waals surface area contributed by atoms with E-state index < -0.39 is 21.2 Å². The van der Waals surface area contributed by atoms with Gasteiger partial charge in [-0.05, 0) is 42.2 Å². The minimum absolute atomic E-state index is 0.286. The Morgan fingerprint density at radius 1 is 1.10 bits per heavy atom. The summed E-state index contributed by atoms with van der Waals surface area (Å²) in [6.07, 6.45) is -0.579. The molecule has 0 bridgehead atoms. The molecular formula is C16H16O3S. The highest BCUT2D eigenvalue weighted by atomic mass is 32.2. The van der Waals surface area contributed by atoms with Crippen LogP contribution in [0.2, 0.25) is 0 Å². The van der Waals surface area contributed by atoms with Gasteiger partial charge in [0.25, 0.3) is 0 Å². The first-order valence-electron chi connectivity index (χ1n) is 6.56. The molecule has 1 aliphatic carbocycles. The van der Waals surface area contributed by atoms with Crippen LogP contribution in [0.1, 0.15) is 22.8 Å². The maximum Gasteiger partial charge on any atom is 0.184 e. The van der Waals surface area contributed by atoms with Gasteiger partial charge in [-0.15, -0.1) is 0 Å². The van der Waals surface area contributed by atoms with Crippen LogP contribution in [0.4, 0.5) is 0 Å². The first-order valence-corrected chi connectivity index (χ1v) is 8.11. The highest BCUT2D eigenvalue weighted by Crippen LogP contribution is 2.37. The van der Waals surface area contributed by atoms with Crippen LogP contribution in [-0.2, 0) is 16.3 Å². The minimum Gasteiger partial charge on any atom is -0.387 e. The third-order valence-corrected chi connectivity index (χ3v) is 6.00. The number of aliphatic hydroxyl groups is 1. The molecule has 2 aromatic rings. The maximum atomic E-state index is 12.7. The third-order valence-electron chi connectivity index (χ3n) is 3.86. The Morgan fingerprint density at radius 2 is 1.85 bits per heavy atom. The molecule has 1 N–H and O–H groups in total. The molecule has 2 atom stereocenters. The van der Waals surface area contributed by atoms with Crippen LogP contribution in [-0.4, -0.2) is 18.8 Å². The van der Waals surface area contributed by atoms with Gasteiger partial charge in [-0.1, -0.05) is 36.4 Å². The number of aliphatic hydroxyl groups excluding tert-OH is 1. The molecule has 0 aromatic heterocycles. The summed E-state index contributed by atoms with van der Waals surface area (Å²) in [5, 5.41) is 9.54. The molecule has 0 radical (unpaired) electrons. The zero-order chi connectivity index (χ0) is 14.3. The highest BCUT2D eigenvalue weighted by Gasteiger charge is 2.40. The van der Waals surface area contributed by atoms with E-state index in [0.29, 0.717) is 6.42 Å². The Balaban J connectivity index is 2.03. The van der Waals surface area contributed by atoms with Crippen molar-refractivity contribution in [3.8, 4) is 0 Å². The Kier molecular flexibility index (Phi) is 3.15. The van der Waals surface area contributed by atoms with Crippen molar-refractivity contribution in [2.45, 2.75) is 29.6 Å². The summed E-state index contributed by atoms with van der Waals surface area (Å²) < 4.78 is 25.4. The third kappa shape index (κ3) is 2.05. The van der Waals surface area contributed by atoms with Crippen molar-refractivity contribution in [3.05, 3.63) is 65.2 Å². The molecule has 0 spiro atoms.